The number of hydrogen-bond donors (Lipinski definition) is 0. The standard InChI is InChI=1S/C32H20N4O/c1-34-27-21-26(37-25-14-6-3-7-15-25)20-23(22-33)32(27)36-30-18-10-8-16-28(30)35(24-12-4-2-5-13-24)29-17-9-11-19-31(29)36/h2-21H. The Labute approximate surface area is 215 Å². The number of benzene rings is 5. The molecule has 0 fully saturated rings. The minimum Gasteiger partial charge on any atom is -0.459 e. The maximum atomic E-state index is 10.2. The van der Waals surface area contributed by atoms with Gasteiger partial charge in [0.1, 0.15) is 17.6 Å². The highest BCUT2D eigenvalue weighted by Gasteiger charge is 2.32. The zero-order chi connectivity index (χ0) is 25.2. The lowest BCUT2D eigenvalue weighted by Gasteiger charge is -2.41. The first-order chi connectivity index (χ1) is 18.3. The lowest BCUT2D eigenvalue weighted by molar-refractivity contribution is 0.483. The predicted octanol–water partition coefficient (Wildman–Crippen LogP) is 9.15. The minimum absolute atomic E-state index is 0.336. The van der Waals surface area contributed by atoms with Crippen molar-refractivity contribution >= 4 is 39.8 Å². The predicted molar refractivity (Wildman–Crippen MR) is 147 cm³/mol. The molecule has 0 N–H and O–H groups in total. The molecule has 0 aromatic heterocycles. The van der Waals surface area contributed by atoms with Crippen molar-refractivity contribution < 1.29 is 4.74 Å². The van der Waals surface area contributed by atoms with Crippen LogP contribution in [0.25, 0.3) is 4.85 Å². The van der Waals surface area contributed by atoms with Crippen LogP contribution >= 0.6 is 0 Å². The van der Waals surface area contributed by atoms with Crippen molar-refractivity contribution in [3.8, 4) is 17.6 Å². The van der Waals surface area contributed by atoms with Gasteiger partial charge in [0, 0.05) is 5.69 Å². The van der Waals surface area contributed by atoms with Gasteiger partial charge in [-0.3, -0.25) is 0 Å². The second-order valence-electron chi connectivity index (χ2n) is 8.46. The quantitative estimate of drug-likeness (QED) is 0.238. The van der Waals surface area contributed by atoms with E-state index in [1.165, 1.54) is 0 Å². The summed E-state index contributed by atoms with van der Waals surface area (Å²) in [6.07, 6.45) is 0. The fourth-order valence-electron chi connectivity index (χ4n) is 4.72. The van der Waals surface area contributed by atoms with Gasteiger partial charge < -0.3 is 14.5 Å². The lowest BCUT2D eigenvalue weighted by atomic mass is 10.0. The van der Waals surface area contributed by atoms with Crippen molar-refractivity contribution in [1.29, 1.82) is 5.26 Å². The van der Waals surface area contributed by atoms with Gasteiger partial charge in [-0.2, -0.15) is 5.26 Å². The maximum absolute atomic E-state index is 10.2. The molecule has 0 aliphatic carbocycles. The van der Waals surface area contributed by atoms with E-state index < -0.39 is 0 Å². The van der Waals surface area contributed by atoms with Crippen molar-refractivity contribution in [2.24, 2.45) is 0 Å². The number of anilines is 6. The van der Waals surface area contributed by atoms with Crippen LogP contribution in [0.5, 0.6) is 11.5 Å². The highest BCUT2D eigenvalue weighted by atomic mass is 16.5. The zero-order valence-corrected chi connectivity index (χ0v) is 19.7. The van der Waals surface area contributed by atoms with Crippen LogP contribution in [0.4, 0.5) is 39.8 Å². The molecule has 0 atom stereocenters. The van der Waals surface area contributed by atoms with E-state index in [9.17, 15) is 5.26 Å². The normalized spacial score (nSPS) is 11.6. The molecule has 6 rings (SSSR count). The number of para-hydroxylation sites is 6. The lowest BCUT2D eigenvalue weighted by Crippen LogP contribution is -2.24. The largest absolute Gasteiger partial charge is 0.459 e. The topological polar surface area (TPSA) is 43.9 Å². The summed E-state index contributed by atoms with van der Waals surface area (Å²) in [5.41, 5.74) is 5.92. The second kappa shape index (κ2) is 9.26. The van der Waals surface area contributed by atoms with Crippen LogP contribution in [-0.2, 0) is 0 Å². The van der Waals surface area contributed by atoms with E-state index >= 15 is 0 Å². The molecular weight excluding hydrogens is 456 g/mol. The summed E-state index contributed by atoms with van der Waals surface area (Å²) in [5, 5.41) is 10.2. The Morgan fingerprint density at radius 3 is 1.68 bits per heavy atom. The fourth-order valence-corrected chi connectivity index (χ4v) is 4.72. The highest BCUT2D eigenvalue weighted by Crippen LogP contribution is 2.56. The number of nitrogens with zero attached hydrogens (tertiary/aromatic N) is 4. The van der Waals surface area contributed by atoms with Gasteiger partial charge in [-0.1, -0.05) is 60.7 Å². The van der Waals surface area contributed by atoms with Crippen molar-refractivity contribution in [3.63, 3.8) is 0 Å². The maximum Gasteiger partial charge on any atom is 0.215 e. The molecule has 0 unspecified atom stereocenters. The monoisotopic (exact) mass is 476 g/mol. The molecular formula is C32H20N4O. The number of ether oxygens (including phenoxy) is 1. The Morgan fingerprint density at radius 2 is 1.14 bits per heavy atom. The Kier molecular flexibility index (Phi) is 5.50. The summed E-state index contributed by atoms with van der Waals surface area (Å²) < 4.78 is 6.00. The first-order valence-electron chi connectivity index (χ1n) is 11.8. The van der Waals surface area contributed by atoms with Gasteiger partial charge >= 0.3 is 0 Å². The SMILES string of the molecule is [C-]#[N+]c1cc(Oc2ccccc2)cc(C#N)c1N1c2ccccc2N(c2ccccc2)c2ccccc21. The van der Waals surface area contributed by atoms with Crippen LogP contribution in [0, 0.1) is 17.9 Å². The number of nitriles is 1. The van der Waals surface area contributed by atoms with Gasteiger partial charge in [0.25, 0.3) is 0 Å². The first kappa shape index (κ1) is 22.0. The van der Waals surface area contributed by atoms with E-state index in [1.54, 1.807) is 12.1 Å². The summed E-state index contributed by atoms with van der Waals surface area (Å²) in [4.78, 5) is 8.07. The molecule has 0 spiro atoms. The van der Waals surface area contributed by atoms with E-state index in [0.29, 0.717) is 28.4 Å². The summed E-state index contributed by atoms with van der Waals surface area (Å²) in [6, 6.07) is 41.3. The summed E-state index contributed by atoms with van der Waals surface area (Å²) in [7, 11) is 0. The molecule has 174 valence electrons. The van der Waals surface area contributed by atoms with Crippen molar-refractivity contribution in [2.45, 2.75) is 0 Å². The minimum atomic E-state index is 0.336. The third kappa shape index (κ3) is 3.82. The molecule has 0 saturated heterocycles. The molecule has 0 amide bonds. The third-order valence-electron chi connectivity index (χ3n) is 6.25. The van der Waals surface area contributed by atoms with Gasteiger partial charge in [-0.25, -0.2) is 4.85 Å². The molecule has 5 nitrogen and oxygen atoms in total. The number of rotatable bonds is 4. The van der Waals surface area contributed by atoms with Gasteiger partial charge in [0.2, 0.25) is 5.69 Å². The zero-order valence-electron chi connectivity index (χ0n) is 19.7. The molecule has 1 aliphatic heterocycles. The van der Waals surface area contributed by atoms with Gasteiger partial charge in [-0.15, -0.1) is 0 Å². The van der Waals surface area contributed by atoms with Crippen LogP contribution in [-0.4, -0.2) is 0 Å². The van der Waals surface area contributed by atoms with Gasteiger partial charge in [-0.05, 0) is 60.7 Å². The van der Waals surface area contributed by atoms with Crippen LogP contribution in [0.15, 0.2) is 121 Å². The molecule has 0 bridgehead atoms. The smallest absolute Gasteiger partial charge is 0.215 e. The Hall–Kier alpha value is -5.52. The molecule has 5 heteroatoms. The molecule has 0 saturated carbocycles. The van der Waals surface area contributed by atoms with Crippen LogP contribution < -0.4 is 14.5 Å². The second-order valence-corrected chi connectivity index (χ2v) is 8.46. The van der Waals surface area contributed by atoms with Crippen LogP contribution in [0.3, 0.4) is 0 Å². The van der Waals surface area contributed by atoms with Gasteiger partial charge in [0.15, 0.2) is 0 Å². The third-order valence-corrected chi connectivity index (χ3v) is 6.25. The average Bonchev–Trinajstić information content (AvgIpc) is 2.96. The fraction of sp³-hybridized carbons (Fsp3) is 0. The van der Waals surface area contributed by atoms with Crippen molar-refractivity contribution in [2.75, 3.05) is 9.80 Å². The van der Waals surface area contributed by atoms with Gasteiger partial charge in [0.05, 0.1) is 40.6 Å². The highest BCUT2D eigenvalue weighted by molar-refractivity contribution is 6.04. The summed E-state index contributed by atoms with van der Waals surface area (Å²) in [5.74, 6) is 1.09. The van der Waals surface area contributed by atoms with E-state index in [1.807, 2.05) is 89.8 Å². The molecule has 37 heavy (non-hydrogen) atoms. The summed E-state index contributed by atoms with van der Waals surface area (Å²) in [6.45, 7) is 8.02. The Bertz CT molecular complexity index is 1600. The molecule has 1 heterocycles. The Morgan fingerprint density at radius 1 is 0.622 bits per heavy atom. The molecule has 0 radical (unpaired) electrons. The first-order valence-corrected chi connectivity index (χ1v) is 11.8. The van der Waals surface area contributed by atoms with Crippen LogP contribution in [0.1, 0.15) is 5.56 Å². The molecule has 5 aromatic rings. The number of hydrogen-bond acceptors (Lipinski definition) is 4. The molecule has 1 aliphatic rings. The molecule has 5 aromatic carbocycles. The van der Waals surface area contributed by atoms with Crippen molar-refractivity contribution in [1.82, 2.24) is 0 Å². The van der Waals surface area contributed by atoms with E-state index in [2.05, 4.69) is 40.1 Å². The summed E-state index contributed by atoms with van der Waals surface area (Å²) >= 11 is 0. The number of fused-ring (bicyclic) bond motifs is 2. The van der Waals surface area contributed by atoms with E-state index in [-0.39, 0.29) is 0 Å². The van der Waals surface area contributed by atoms with E-state index in [4.69, 9.17) is 11.3 Å². The van der Waals surface area contributed by atoms with Crippen LogP contribution in [0.2, 0.25) is 0 Å². The average molecular weight is 477 g/mol. The Balaban J connectivity index is 1.57. The van der Waals surface area contributed by atoms with E-state index in [0.717, 1.165) is 28.4 Å². The van der Waals surface area contributed by atoms with Crippen molar-refractivity contribution in [3.05, 3.63) is 138 Å².